The fourth-order valence-electron chi connectivity index (χ4n) is 2.79. The third-order valence-electron chi connectivity index (χ3n) is 4.19. The Labute approximate surface area is 142 Å². The maximum absolute atomic E-state index is 12.5. The molecule has 1 saturated carbocycles. The van der Waals surface area contributed by atoms with E-state index in [4.69, 9.17) is 6.42 Å². The zero-order chi connectivity index (χ0) is 17.7. The van der Waals surface area contributed by atoms with Gasteiger partial charge in [0.2, 0.25) is 10.0 Å². The molecule has 1 aromatic rings. The Morgan fingerprint density at radius 2 is 2.00 bits per heavy atom. The lowest BCUT2D eigenvalue weighted by Gasteiger charge is -2.26. The van der Waals surface area contributed by atoms with Crippen LogP contribution in [-0.4, -0.2) is 25.9 Å². The summed E-state index contributed by atoms with van der Waals surface area (Å²) in [5, 5.41) is 13.9. The van der Waals surface area contributed by atoms with E-state index in [1.165, 1.54) is 12.1 Å². The van der Waals surface area contributed by atoms with Gasteiger partial charge >= 0.3 is 0 Å². The molecule has 1 fully saturated rings. The molecular formula is C16H21N3O4S. The van der Waals surface area contributed by atoms with E-state index in [9.17, 15) is 18.5 Å². The number of sulfonamides is 1. The van der Waals surface area contributed by atoms with Gasteiger partial charge in [0.05, 0.1) is 16.4 Å². The van der Waals surface area contributed by atoms with Crippen molar-refractivity contribution >= 4 is 21.4 Å². The Kier molecular flexibility index (Phi) is 5.80. The molecule has 0 unspecified atom stereocenters. The Hall–Kier alpha value is -2.11. The zero-order valence-corrected chi connectivity index (χ0v) is 14.3. The molecule has 0 bridgehead atoms. The number of nitrogens with zero attached hydrogens (tertiary/aromatic N) is 1. The van der Waals surface area contributed by atoms with Gasteiger partial charge < -0.3 is 5.32 Å². The molecule has 0 spiro atoms. The summed E-state index contributed by atoms with van der Waals surface area (Å²) in [5.74, 6) is 2.93. The smallest absolute Gasteiger partial charge is 0.293 e. The van der Waals surface area contributed by atoms with E-state index >= 15 is 0 Å². The van der Waals surface area contributed by atoms with Gasteiger partial charge in [0.15, 0.2) is 0 Å². The van der Waals surface area contributed by atoms with Crippen LogP contribution in [0.5, 0.6) is 0 Å². The van der Waals surface area contributed by atoms with Crippen molar-refractivity contribution in [3.63, 3.8) is 0 Å². The minimum absolute atomic E-state index is 0.112. The van der Waals surface area contributed by atoms with Crippen molar-refractivity contribution in [1.29, 1.82) is 0 Å². The van der Waals surface area contributed by atoms with Gasteiger partial charge in [-0.25, -0.2) is 13.1 Å². The van der Waals surface area contributed by atoms with Gasteiger partial charge in [-0.3, -0.25) is 10.1 Å². The number of terminal acetylenes is 1. The SMILES string of the molecule is C#CCNc1ccc(S(=O)(=O)NC2CCC(C)CC2)cc1[N+](=O)[O-]. The van der Waals surface area contributed by atoms with E-state index < -0.39 is 14.9 Å². The van der Waals surface area contributed by atoms with Crippen molar-refractivity contribution in [2.45, 2.75) is 43.5 Å². The van der Waals surface area contributed by atoms with Crippen LogP contribution in [0.4, 0.5) is 11.4 Å². The molecule has 0 radical (unpaired) electrons. The van der Waals surface area contributed by atoms with Crippen LogP contribution in [0.15, 0.2) is 23.1 Å². The summed E-state index contributed by atoms with van der Waals surface area (Å²) in [6.07, 6.45) is 8.64. The molecule has 7 nitrogen and oxygen atoms in total. The molecule has 2 N–H and O–H groups in total. The summed E-state index contributed by atoms with van der Waals surface area (Å²) in [6, 6.07) is 3.66. The molecule has 2 rings (SSSR count). The number of anilines is 1. The van der Waals surface area contributed by atoms with Crippen LogP contribution >= 0.6 is 0 Å². The molecule has 0 aromatic heterocycles. The maximum Gasteiger partial charge on any atom is 0.293 e. The van der Waals surface area contributed by atoms with Crippen molar-refractivity contribution in [3.05, 3.63) is 28.3 Å². The lowest BCUT2D eigenvalue weighted by Crippen LogP contribution is -2.37. The molecular weight excluding hydrogens is 330 g/mol. The summed E-state index contributed by atoms with van der Waals surface area (Å²) in [4.78, 5) is 10.5. The molecule has 1 aliphatic carbocycles. The number of benzene rings is 1. The second-order valence-corrected chi connectivity index (χ2v) is 7.79. The van der Waals surface area contributed by atoms with E-state index in [0.717, 1.165) is 31.7 Å². The fraction of sp³-hybridized carbons (Fsp3) is 0.500. The number of nitro groups is 1. The predicted octanol–water partition coefficient (Wildman–Crippen LogP) is 2.50. The van der Waals surface area contributed by atoms with Gasteiger partial charge in [0.25, 0.3) is 5.69 Å². The molecule has 0 atom stereocenters. The van der Waals surface area contributed by atoms with E-state index in [1.54, 1.807) is 0 Å². The second kappa shape index (κ2) is 7.64. The third-order valence-corrected chi connectivity index (χ3v) is 5.71. The highest BCUT2D eigenvalue weighted by atomic mass is 32.2. The van der Waals surface area contributed by atoms with Gasteiger partial charge in [-0.1, -0.05) is 12.8 Å². The molecule has 24 heavy (non-hydrogen) atoms. The van der Waals surface area contributed by atoms with Gasteiger partial charge in [-0.2, -0.15) is 0 Å². The van der Waals surface area contributed by atoms with E-state index in [2.05, 4.69) is 22.9 Å². The van der Waals surface area contributed by atoms with Crippen LogP contribution in [0.25, 0.3) is 0 Å². The van der Waals surface area contributed by atoms with Gasteiger partial charge in [-0.05, 0) is 43.7 Å². The number of hydrogen-bond donors (Lipinski definition) is 2. The Balaban J connectivity index is 2.22. The summed E-state index contributed by atoms with van der Waals surface area (Å²) < 4.78 is 27.6. The van der Waals surface area contributed by atoms with Crippen molar-refractivity contribution in [3.8, 4) is 12.3 Å². The highest BCUT2D eigenvalue weighted by Gasteiger charge is 2.26. The molecule has 0 saturated heterocycles. The highest BCUT2D eigenvalue weighted by Crippen LogP contribution is 2.29. The van der Waals surface area contributed by atoms with Crippen LogP contribution in [-0.2, 0) is 10.0 Å². The van der Waals surface area contributed by atoms with Crippen molar-refractivity contribution in [2.75, 3.05) is 11.9 Å². The summed E-state index contributed by atoms with van der Waals surface area (Å²) in [5.41, 5.74) is -0.117. The Morgan fingerprint density at radius 1 is 1.33 bits per heavy atom. The predicted molar refractivity (Wildman–Crippen MR) is 92.2 cm³/mol. The average Bonchev–Trinajstić information content (AvgIpc) is 2.54. The number of rotatable bonds is 6. The molecule has 1 aromatic carbocycles. The van der Waals surface area contributed by atoms with Crippen LogP contribution in [0.1, 0.15) is 32.6 Å². The number of hydrogen-bond acceptors (Lipinski definition) is 5. The third kappa shape index (κ3) is 4.46. The zero-order valence-electron chi connectivity index (χ0n) is 13.5. The fourth-order valence-corrected chi connectivity index (χ4v) is 4.12. The van der Waals surface area contributed by atoms with Crippen molar-refractivity contribution < 1.29 is 13.3 Å². The standard InChI is InChI=1S/C16H21N3O4S/c1-3-10-17-15-9-8-14(11-16(15)19(20)21)24(22,23)18-13-6-4-12(2)5-7-13/h1,8-9,11-13,17-18H,4-7,10H2,2H3. The minimum atomic E-state index is -3.79. The van der Waals surface area contributed by atoms with Gasteiger partial charge in [-0.15, -0.1) is 6.42 Å². The second-order valence-electron chi connectivity index (χ2n) is 6.07. The summed E-state index contributed by atoms with van der Waals surface area (Å²) in [6.45, 7) is 2.27. The summed E-state index contributed by atoms with van der Waals surface area (Å²) >= 11 is 0. The number of nitro benzene ring substituents is 1. The van der Waals surface area contributed by atoms with Gasteiger partial charge in [0.1, 0.15) is 5.69 Å². The van der Waals surface area contributed by atoms with Crippen LogP contribution in [0, 0.1) is 28.4 Å². The van der Waals surface area contributed by atoms with E-state index in [1.807, 2.05) is 0 Å². The first-order chi connectivity index (χ1) is 11.3. The normalized spacial score (nSPS) is 21.0. The maximum atomic E-state index is 12.5. The first-order valence-corrected chi connectivity index (χ1v) is 9.30. The van der Waals surface area contributed by atoms with Crippen LogP contribution in [0.3, 0.4) is 0 Å². The average molecular weight is 351 g/mol. The Morgan fingerprint density at radius 3 is 2.58 bits per heavy atom. The quantitative estimate of drug-likeness (QED) is 0.466. The lowest BCUT2D eigenvalue weighted by molar-refractivity contribution is -0.384. The lowest BCUT2D eigenvalue weighted by atomic mass is 9.88. The van der Waals surface area contributed by atoms with Crippen molar-refractivity contribution in [1.82, 2.24) is 4.72 Å². The number of nitrogens with one attached hydrogen (secondary N) is 2. The molecule has 130 valence electrons. The Bertz CT molecular complexity index is 747. The van der Waals surface area contributed by atoms with Crippen LogP contribution in [0.2, 0.25) is 0 Å². The largest absolute Gasteiger partial charge is 0.369 e. The molecule has 0 heterocycles. The van der Waals surface area contributed by atoms with E-state index in [0.29, 0.717) is 5.92 Å². The highest BCUT2D eigenvalue weighted by molar-refractivity contribution is 7.89. The first-order valence-electron chi connectivity index (χ1n) is 7.81. The van der Waals surface area contributed by atoms with Crippen molar-refractivity contribution in [2.24, 2.45) is 5.92 Å². The van der Waals surface area contributed by atoms with Crippen LogP contribution < -0.4 is 10.0 Å². The van der Waals surface area contributed by atoms with E-state index in [-0.39, 0.29) is 28.9 Å². The monoisotopic (exact) mass is 351 g/mol. The molecule has 0 amide bonds. The minimum Gasteiger partial charge on any atom is -0.369 e. The summed E-state index contributed by atoms with van der Waals surface area (Å²) in [7, 11) is -3.79. The molecule has 1 aliphatic rings. The van der Waals surface area contributed by atoms with Gasteiger partial charge in [0, 0.05) is 12.1 Å². The molecule has 0 aliphatic heterocycles. The topological polar surface area (TPSA) is 101 Å². The molecule has 8 heteroatoms. The first kappa shape index (κ1) is 18.2.